The molecule has 0 aliphatic carbocycles. The Kier molecular flexibility index (Phi) is 8.30. The van der Waals surface area contributed by atoms with E-state index in [-0.39, 0.29) is 6.61 Å². The van der Waals surface area contributed by atoms with Gasteiger partial charge in [0, 0.05) is 23.1 Å². The lowest BCUT2D eigenvalue weighted by molar-refractivity contribution is 0.296. The Morgan fingerprint density at radius 2 is 1.90 bits per heavy atom. The lowest BCUT2D eigenvalue weighted by Gasteiger charge is -2.33. The predicted octanol–water partition coefficient (Wildman–Crippen LogP) is 4.11. The Labute approximate surface area is 137 Å². The van der Waals surface area contributed by atoms with E-state index in [1.165, 1.54) is 11.3 Å². The van der Waals surface area contributed by atoms with Gasteiger partial charge in [0.1, 0.15) is 0 Å². The van der Waals surface area contributed by atoms with Gasteiger partial charge in [-0.2, -0.15) is 0 Å². The van der Waals surface area contributed by atoms with Gasteiger partial charge in [-0.3, -0.25) is 0 Å². The van der Waals surface area contributed by atoms with Crippen molar-refractivity contribution in [2.24, 2.45) is 0 Å². The van der Waals surface area contributed by atoms with Gasteiger partial charge in [-0.15, -0.1) is 0 Å². The number of aliphatic hydroxyl groups is 1. The van der Waals surface area contributed by atoms with Gasteiger partial charge in [0.05, 0.1) is 12.3 Å². The lowest BCUT2D eigenvalue weighted by Crippen LogP contribution is -2.37. The third-order valence-corrected chi connectivity index (χ3v) is 4.65. The normalized spacial score (nSPS) is 12.7. The van der Waals surface area contributed by atoms with E-state index in [0.29, 0.717) is 18.6 Å². The van der Waals surface area contributed by atoms with Crippen LogP contribution in [0.1, 0.15) is 52.1 Å². The largest absolute Gasteiger partial charge is 0.395 e. The number of hydrogen-bond donors (Lipinski definition) is 2. The summed E-state index contributed by atoms with van der Waals surface area (Å²) in [5.41, 5.74) is 2.45. The van der Waals surface area contributed by atoms with Crippen molar-refractivity contribution in [1.82, 2.24) is 5.32 Å². The van der Waals surface area contributed by atoms with Gasteiger partial charge in [-0.05, 0) is 59.9 Å². The zero-order valence-corrected chi connectivity index (χ0v) is 15.3. The zero-order valence-electron chi connectivity index (χ0n) is 13.7. The molecule has 1 atom stereocenters. The molecule has 21 heavy (non-hydrogen) atoms. The van der Waals surface area contributed by atoms with Gasteiger partial charge in [0.15, 0.2) is 0 Å². The van der Waals surface area contributed by atoms with Crippen molar-refractivity contribution in [2.45, 2.75) is 52.6 Å². The maximum Gasteiger partial charge on any atom is 0.0606 e. The number of aliphatic hydroxyl groups excluding tert-OH is 1. The molecule has 1 unspecified atom stereocenters. The van der Waals surface area contributed by atoms with Gasteiger partial charge >= 0.3 is 0 Å². The fraction of sp³-hybridized carbons (Fsp3) is 0.647. The highest BCUT2D eigenvalue weighted by Gasteiger charge is 2.18. The molecule has 0 saturated carbocycles. The van der Waals surface area contributed by atoms with E-state index in [1.54, 1.807) is 0 Å². The molecule has 1 aromatic carbocycles. The van der Waals surface area contributed by atoms with Crippen molar-refractivity contribution in [1.29, 1.82) is 0 Å². The van der Waals surface area contributed by atoms with Crippen molar-refractivity contribution in [3.63, 3.8) is 0 Å². The summed E-state index contributed by atoms with van der Waals surface area (Å²) in [6.45, 7) is 10.5. The molecule has 0 aromatic heterocycles. The number of nitrogens with one attached hydrogen (secondary N) is 1. The molecule has 0 radical (unpaired) electrons. The van der Waals surface area contributed by atoms with Crippen LogP contribution in [0.3, 0.4) is 0 Å². The Morgan fingerprint density at radius 3 is 2.38 bits per heavy atom. The van der Waals surface area contributed by atoms with Crippen molar-refractivity contribution >= 4 is 21.6 Å². The van der Waals surface area contributed by atoms with Crippen molar-refractivity contribution in [3.8, 4) is 0 Å². The molecule has 0 saturated heterocycles. The topological polar surface area (TPSA) is 35.5 Å². The van der Waals surface area contributed by atoms with Crippen LogP contribution in [-0.2, 0) is 0 Å². The van der Waals surface area contributed by atoms with E-state index >= 15 is 0 Å². The molecule has 1 rings (SSSR count). The van der Waals surface area contributed by atoms with Crippen LogP contribution in [0.25, 0.3) is 0 Å². The Balaban J connectivity index is 3.04. The lowest BCUT2D eigenvalue weighted by atomic mass is 10.1. The summed E-state index contributed by atoms with van der Waals surface area (Å²) >= 11 is 3.71. The first-order valence-corrected chi connectivity index (χ1v) is 8.78. The van der Waals surface area contributed by atoms with Crippen LogP contribution in [0.15, 0.2) is 22.7 Å². The van der Waals surface area contributed by atoms with Crippen molar-refractivity contribution in [2.75, 3.05) is 24.6 Å². The fourth-order valence-electron chi connectivity index (χ4n) is 2.79. The van der Waals surface area contributed by atoms with Crippen molar-refractivity contribution in [3.05, 3.63) is 28.2 Å². The maximum absolute atomic E-state index is 9.37. The third kappa shape index (κ3) is 4.97. The Bertz CT molecular complexity index is 421. The van der Waals surface area contributed by atoms with E-state index < -0.39 is 0 Å². The molecule has 0 fully saturated rings. The molecule has 0 bridgehead atoms. The second kappa shape index (κ2) is 9.44. The Hall–Kier alpha value is -0.580. The molecule has 0 aliphatic heterocycles. The monoisotopic (exact) mass is 356 g/mol. The van der Waals surface area contributed by atoms with Gasteiger partial charge < -0.3 is 15.3 Å². The molecule has 0 aliphatic rings. The predicted molar refractivity (Wildman–Crippen MR) is 95.0 cm³/mol. The molecule has 0 amide bonds. The second-order valence-corrected chi connectivity index (χ2v) is 6.23. The maximum atomic E-state index is 9.37. The third-order valence-electron chi connectivity index (χ3n) is 4.02. The molecular formula is C17H29BrN2O. The number of nitrogens with zero attached hydrogens (tertiary/aromatic N) is 1. The van der Waals surface area contributed by atoms with Gasteiger partial charge in [0.25, 0.3) is 0 Å². The first-order valence-electron chi connectivity index (χ1n) is 7.99. The van der Waals surface area contributed by atoms with Crippen LogP contribution in [0, 0.1) is 0 Å². The quantitative estimate of drug-likeness (QED) is 0.698. The molecular weight excluding hydrogens is 328 g/mol. The van der Waals surface area contributed by atoms with Crippen LogP contribution in [0.2, 0.25) is 0 Å². The van der Waals surface area contributed by atoms with Gasteiger partial charge in [0.2, 0.25) is 0 Å². The summed E-state index contributed by atoms with van der Waals surface area (Å²) in [7, 11) is 0. The number of hydrogen-bond acceptors (Lipinski definition) is 3. The second-order valence-electron chi connectivity index (χ2n) is 5.38. The van der Waals surface area contributed by atoms with Crippen LogP contribution < -0.4 is 10.2 Å². The molecule has 3 nitrogen and oxygen atoms in total. The smallest absolute Gasteiger partial charge is 0.0606 e. The average molecular weight is 357 g/mol. The van der Waals surface area contributed by atoms with Crippen LogP contribution in [0.5, 0.6) is 0 Å². The fourth-order valence-corrected chi connectivity index (χ4v) is 3.41. The first kappa shape index (κ1) is 18.5. The SMILES string of the molecule is CCNC(C)c1ccc(N(CCO)C(CC)CC)c(Br)c1. The summed E-state index contributed by atoms with van der Waals surface area (Å²) in [6, 6.07) is 7.35. The van der Waals surface area contributed by atoms with E-state index in [0.717, 1.165) is 23.9 Å². The van der Waals surface area contributed by atoms with Crippen LogP contribution >= 0.6 is 15.9 Å². The van der Waals surface area contributed by atoms with E-state index in [2.05, 4.69) is 72.0 Å². The number of rotatable bonds is 9. The Morgan fingerprint density at radius 1 is 1.24 bits per heavy atom. The minimum absolute atomic E-state index is 0.179. The number of anilines is 1. The van der Waals surface area contributed by atoms with Crippen molar-refractivity contribution < 1.29 is 5.11 Å². The summed E-state index contributed by atoms with van der Waals surface area (Å²) in [4.78, 5) is 2.31. The summed E-state index contributed by atoms with van der Waals surface area (Å²) < 4.78 is 1.10. The first-order chi connectivity index (χ1) is 10.1. The van der Waals surface area contributed by atoms with E-state index in [1.807, 2.05) is 0 Å². The molecule has 1 aromatic rings. The highest BCUT2D eigenvalue weighted by atomic mass is 79.9. The minimum atomic E-state index is 0.179. The van der Waals surface area contributed by atoms with Gasteiger partial charge in [-0.25, -0.2) is 0 Å². The van der Waals surface area contributed by atoms with E-state index in [4.69, 9.17) is 0 Å². The average Bonchev–Trinajstić information content (AvgIpc) is 2.48. The molecule has 4 heteroatoms. The molecule has 0 spiro atoms. The van der Waals surface area contributed by atoms with Crippen LogP contribution in [0.4, 0.5) is 5.69 Å². The highest BCUT2D eigenvalue weighted by molar-refractivity contribution is 9.10. The van der Waals surface area contributed by atoms with Gasteiger partial charge in [-0.1, -0.05) is 26.8 Å². The van der Waals surface area contributed by atoms with E-state index in [9.17, 15) is 5.11 Å². The molecule has 2 N–H and O–H groups in total. The summed E-state index contributed by atoms with van der Waals surface area (Å²) in [6.07, 6.45) is 2.16. The molecule has 0 heterocycles. The van der Waals surface area contributed by atoms with Crippen LogP contribution in [-0.4, -0.2) is 30.8 Å². The standard InChI is InChI=1S/C17H29BrN2O/c1-5-15(6-2)20(10-11-21)17-9-8-14(12-16(17)18)13(4)19-7-3/h8-9,12-13,15,19,21H,5-7,10-11H2,1-4H3. The number of halogens is 1. The summed E-state index contributed by atoms with van der Waals surface area (Å²) in [5, 5.41) is 12.8. The molecule has 120 valence electrons. The zero-order chi connectivity index (χ0) is 15.8. The minimum Gasteiger partial charge on any atom is -0.395 e. The summed E-state index contributed by atoms with van der Waals surface area (Å²) in [5.74, 6) is 0. The number of benzene rings is 1. The highest BCUT2D eigenvalue weighted by Crippen LogP contribution is 2.31.